The van der Waals surface area contributed by atoms with Crippen molar-refractivity contribution in [3.05, 3.63) is 62.4 Å². The number of hydrogen-bond donors (Lipinski definition) is 2. The molecule has 1 fully saturated rings. The number of nitrogens with one attached hydrogen (secondary N) is 1. The first kappa shape index (κ1) is 22.3. The lowest BCUT2D eigenvalue weighted by Crippen LogP contribution is -2.44. The van der Waals surface area contributed by atoms with Gasteiger partial charge in [-0.25, -0.2) is 14.3 Å². The van der Waals surface area contributed by atoms with Crippen LogP contribution in [0.2, 0.25) is 0 Å². The predicted molar refractivity (Wildman–Crippen MR) is 132 cm³/mol. The summed E-state index contributed by atoms with van der Waals surface area (Å²) in [6, 6.07) is 9.86. The summed E-state index contributed by atoms with van der Waals surface area (Å²) in [6.07, 6.45) is 0. The smallest absolute Gasteiger partial charge is 0.293 e. The van der Waals surface area contributed by atoms with Gasteiger partial charge in [0.05, 0.1) is 25.4 Å². The summed E-state index contributed by atoms with van der Waals surface area (Å²) in [6.45, 7) is 7.35. The second kappa shape index (κ2) is 9.03. The standard InChI is InChI=1S/C24H29N7O3/c1-3-29-21-20(27-24(29)28-10-8-25-9-11-28)22(33)30(12-13-32)31(23(21)34)15-19-18-7-5-4-6-17(18)14-16(2)26-19/h4-7,14,25,32H,3,8-13,15H2,1-2H3. The van der Waals surface area contributed by atoms with E-state index in [1.807, 2.05) is 48.7 Å². The van der Waals surface area contributed by atoms with Crippen molar-refractivity contribution in [3.63, 3.8) is 0 Å². The fourth-order valence-corrected chi connectivity index (χ4v) is 4.83. The first-order valence-electron chi connectivity index (χ1n) is 11.7. The van der Waals surface area contributed by atoms with Crippen LogP contribution in [-0.2, 0) is 19.6 Å². The maximum absolute atomic E-state index is 13.9. The second-order valence-electron chi connectivity index (χ2n) is 8.54. The van der Waals surface area contributed by atoms with Gasteiger partial charge in [-0.1, -0.05) is 24.3 Å². The number of aromatic nitrogens is 5. The number of hydrogen-bond acceptors (Lipinski definition) is 7. The molecule has 0 spiro atoms. The number of piperazine rings is 1. The fraction of sp³-hybridized carbons (Fsp3) is 0.417. The molecule has 0 aliphatic carbocycles. The molecule has 10 heteroatoms. The van der Waals surface area contributed by atoms with Crippen molar-refractivity contribution >= 4 is 27.8 Å². The van der Waals surface area contributed by atoms with Gasteiger partial charge < -0.3 is 19.9 Å². The van der Waals surface area contributed by atoms with Crippen LogP contribution in [-0.4, -0.2) is 61.8 Å². The summed E-state index contributed by atoms with van der Waals surface area (Å²) in [5, 5.41) is 15.0. The van der Waals surface area contributed by atoms with Crippen LogP contribution in [0.1, 0.15) is 18.3 Å². The average molecular weight is 464 g/mol. The van der Waals surface area contributed by atoms with E-state index in [-0.39, 0.29) is 36.3 Å². The Balaban J connectivity index is 1.75. The summed E-state index contributed by atoms with van der Waals surface area (Å²) in [4.78, 5) is 38.9. The highest BCUT2D eigenvalue weighted by molar-refractivity contribution is 5.85. The second-order valence-corrected chi connectivity index (χ2v) is 8.54. The normalized spacial score (nSPS) is 14.4. The highest BCUT2D eigenvalue weighted by Crippen LogP contribution is 2.21. The molecule has 5 rings (SSSR count). The van der Waals surface area contributed by atoms with Crippen molar-refractivity contribution in [2.75, 3.05) is 37.7 Å². The third-order valence-corrected chi connectivity index (χ3v) is 6.39. The van der Waals surface area contributed by atoms with Crippen LogP contribution in [0.5, 0.6) is 0 Å². The summed E-state index contributed by atoms with van der Waals surface area (Å²) < 4.78 is 4.55. The Bertz CT molecular complexity index is 1480. The van der Waals surface area contributed by atoms with Crippen molar-refractivity contribution in [2.24, 2.45) is 0 Å². The monoisotopic (exact) mass is 463 g/mol. The van der Waals surface area contributed by atoms with Crippen LogP contribution < -0.4 is 21.3 Å². The Kier molecular flexibility index (Phi) is 5.93. The van der Waals surface area contributed by atoms with Crippen molar-refractivity contribution in [2.45, 2.75) is 33.5 Å². The van der Waals surface area contributed by atoms with Crippen LogP contribution in [0.15, 0.2) is 39.9 Å². The number of imidazole rings is 1. The zero-order chi connectivity index (χ0) is 23.8. The molecule has 0 bridgehead atoms. The Hall–Kier alpha value is -3.50. The van der Waals surface area contributed by atoms with Crippen LogP contribution in [0.4, 0.5) is 5.95 Å². The Labute approximate surface area is 196 Å². The average Bonchev–Trinajstić information content (AvgIpc) is 3.25. The molecule has 1 aromatic carbocycles. The minimum Gasteiger partial charge on any atom is -0.394 e. The molecule has 1 aliphatic rings. The van der Waals surface area contributed by atoms with Gasteiger partial charge in [-0.2, -0.15) is 0 Å². The van der Waals surface area contributed by atoms with Gasteiger partial charge in [0.1, 0.15) is 5.52 Å². The topological polar surface area (TPSA) is 110 Å². The molecule has 0 unspecified atom stereocenters. The van der Waals surface area contributed by atoms with Gasteiger partial charge >= 0.3 is 0 Å². The number of anilines is 1. The zero-order valence-electron chi connectivity index (χ0n) is 19.5. The number of aliphatic hydroxyl groups excluding tert-OH is 1. The number of pyridine rings is 1. The molecule has 1 aliphatic heterocycles. The van der Waals surface area contributed by atoms with Crippen molar-refractivity contribution in [3.8, 4) is 0 Å². The number of aliphatic hydroxyl groups is 1. The van der Waals surface area contributed by atoms with Gasteiger partial charge in [-0.3, -0.25) is 14.6 Å². The number of nitrogens with zero attached hydrogens (tertiary/aromatic N) is 6. The first-order valence-corrected chi connectivity index (χ1v) is 11.7. The van der Waals surface area contributed by atoms with Gasteiger partial charge in [-0.05, 0) is 25.3 Å². The molecular weight excluding hydrogens is 434 g/mol. The number of benzene rings is 1. The Morgan fingerprint density at radius 3 is 2.56 bits per heavy atom. The van der Waals surface area contributed by atoms with Crippen LogP contribution in [0, 0.1) is 6.92 Å². The summed E-state index contributed by atoms with van der Waals surface area (Å²) in [5.74, 6) is 0.639. The minimum absolute atomic E-state index is 0.00425. The molecule has 2 N–H and O–H groups in total. The molecule has 4 aromatic rings. The van der Waals surface area contributed by atoms with Crippen LogP contribution in [0.3, 0.4) is 0 Å². The summed E-state index contributed by atoms with van der Waals surface area (Å²) >= 11 is 0. The lowest BCUT2D eigenvalue weighted by Gasteiger charge is -2.28. The molecule has 34 heavy (non-hydrogen) atoms. The highest BCUT2D eigenvalue weighted by atomic mass is 16.3. The lowest BCUT2D eigenvalue weighted by atomic mass is 10.1. The van der Waals surface area contributed by atoms with E-state index in [2.05, 4.69) is 15.2 Å². The molecule has 3 aromatic heterocycles. The molecule has 0 atom stereocenters. The van der Waals surface area contributed by atoms with Gasteiger partial charge in [-0.15, -0.1) is 0 Å². The highest BCUT2D eigenvalue weighted by Gasteiger charge is 2.25. The molecule has 10 nitrogen and oxygen atoms in total. The van der Waals surface area contributed by atoms with Crippen LogP contribution >= 0.6 is 0 Å². The minimum atomic E-state index is -0.385. The van der Waals surface area contributed by atoms with E-state index in [0.29, 0.717) is 23.7 Å². The van der Waals surface area contributed by atoms with Crippen molar-refractivity contribution in [1.29, 1.82) is 0 Å². The molecule has 0 saturated carbocycles. The van der Waals surface area contributed by atoms with Gasteiger partial charge in [0.15, 0.2) is 5.52 Å². The van der Waals surface area contributed by atoms with E-state index < -0.39 is 0 Å². The van der Waals surface area contributed by atoms with Crippen molar-refractivity contribution in [1.82, 2.24) is 29.2 Å². The predicted octanol–water partition coefficient (Wildman–Crippen LogP) is 0.686. The van der Waals surface area contributed by atoms with Gasteiger partial charge in [0, 0.05) is 43.8 Å². The molecule has 0 radical (unpaired) electrons. The quantitative estimate of drug-likeness (QED) is 0.433. The van der Waals surface area contributed by atoms with Crippen molar-refractivity contribution < 1.29 is 5.11 Å². The number of rotatable bonds is 6. The zero-order valence-corrected chi connectivity index (χ0v) is 19.5. The van der Waals surface area contributed by atoms with E-state index in [4.69, 9.17) is 4.98 Å². The Morgan fingerprint density at radius 2 is 1.82 bits per heavy atom. The molecule has 178 valence electrons. The maximum atomic E-state index is 13.9. The van der Waals surface area contributed by atoms with E-state index in [1.165, 1.54) is 9.36 Å². The van der Waals surface area contributed by atoms with E-state index in [1.54, 1.807) is 0 Å². The lowest BCUT2D eigenvalue weighted by molar-refractivity contribution is 0.252. The third kappa shape index (κ3) is 3.68. The largest absolute Gasteiger partial charge is 0.394 e. The fourth-order valence-electron chi connectivity index (χ4n) is 4.83. The van der Waals surface area contributed by atoms with E-state index in [9.17, 15) is 14.7 Å². The van der Waals surface area contributed by atoms with Crippen LogP contribution in [0.25, 0.3) is 21.8 Å². The molecule has 0 amide bonds. The van der Waals surface area contributed by atoms with E-state index in [0.717, 1.165) is 42.6 Å². The molecule has 1 saturated heterocycles. The maximum Gasteiger partial charge on any atom is 0.293 e. The SMILES string of the molecule is CCn1c(N2CCNCC2)nc2c(=O)n(CCO)n(Cc3nc(C)cc4ccccc34)c(=O)c21. The van der Waals surface area contributed by atoms with Gasteiger partial charge in [0.2, 0.25) is 5.95 Å². The summed E-state index contributed by atoms with van der Waals surface area (Å²) in [7, 11) is 0. The number of aryl methyl sites for hydroxylation is 2. The first-order chi connectivity index (χ1) is 16.5. The number of fused-ring (bicyclic) bond motifs is 2. The summed E-state index contributed by atoms with van der Waals surface area (Å²) in [5.41, 5.74) is 1.28. The Morgan fingerprint density at radius 1 is 1.06 bits per heavy atom. The van der Waals surface area contributed by atoms with Gasteiger partial charge in [0.25, 0.3) is 11.1 Å². The molecule has 4 heterocycles. The third-order valence-electron chi connectivity index (χ3n) is 6.39. The van der Waals surface area contributed by atoms with E-state index >= 15 is 0 Å². The molecular formula is C24H29N7O3.